The summed E-state index contributed by atoms with van der Waals surface area (Å²) < 4.78 is 0. The van der Waals surface area contributed by atoms with E-state index in [-0.39, 0.29) is 26.4 Å². The monoisotopic (exact) mass is 293 g/mol. The zero-order chi connectivity index (χ0) is 12.8. The van der Waals surface area contributed by atoms with Gasteiger partial charge in [0.1, 0.15) is 0 Å². The van der Waals surface area contributed by atoms with E-state index >= 15 is 0 Å². The third-order valence-electron chi connectivity index (χ3n) is 3.08. The second-order valence-electron chi connectivity index (χ2n) is 4.45. The van der Waals surface area contributed by atoms with Crippen molar-refractivity contribution in [3.8, 4) is 0 Å². The van der Waals surface area contributed by atoms with Crippen LogP contribution in [0.3, 0.4) is 0 Å². The molecule has 1 atom stereocenters. The van der Waals surface area contributed by atoms with Crippen LogP contribution in [0.5, 0.6) is 0 Å². The highest BCUT2D eigenvalue weighted by molar-refractivity contribution is 7.73. The molecule has 0 bridgehead atoms. The predicted octanol–water partition coefficient (Wildman–Crippen LogP) is 3.28. The van der Waals surface area contributed by atoms with Gasteiger partial charge in [-0.25, -0.2) is 0 Å². The Morgan fingerprint density at radius 2 is 1.32 bits per heavy atom. The van der Waals surface area contributed by atoms with E-state index in [2.05, 4.69) is 67.6 Å². The number of rotatable bonds is 5. The molecule has 2 aromatic rings. The van der Waals surface area contributed by atoms with Crippen molar-refractivity contribution in [3.63, 3.8) is 0 Å². The number of benzene rings is 2. The molecule has 0 radical (unpaired) electrons. The van der Waals surface area contributed by atoms with Gasteiger partial charge in [-0.15, -0.1) is 12.4 Å². The van der Waals surface area contributed by atoms with Crippen molar-refractivity contribution in [1.82, 2.24) is 0 Å². The molecule has 0 aliphatic heterocycles. The van der Waals surface area contributed by atoms with Crippen molar-refractivity contribution < 1.29 is 0 Å². The Labute approximate surface area is 123 Å². The molecule has 0 aromatic heterocycles. The van der Waals surface area contributed by atoms with Gasteiger partial charge in [-0.3, -0.25) is 0 Å². The van der Waals surface area contributed by atoms with Gasteiger partial charge in [0.2, 0.25) is 0 Å². The van der Waals surface area contributed by atoms with Gasteiger partial charge in [0.25, 0.3) is 0 Å². The van der Waals surface area contributed by atoms with Crippen molar-refractivity contribution in [2.24, 2.45) is 5.73 Å². The van der Waals surface area contributed by atoms with Gasteiger partial charge < -0.3 is 5.73 Å². The highest BCUT2D eigenvalue weighted by atomic mass is 35.5. The zero-order valence-corrected chi connectivity index (χ0v) is 12.9. The maximum absolute atomic E-state index is 6.16. The fourth-order valence-electron chi connectivity index (χ4n) is 1.94. The molecule has 0 heterocycles. The average molecular weight is 294 g/mol. The van der Waals surface area contributed by atoms with E-state index in [1.54, 1.807) is 0 Å². The van der Waals surface area contributed by atoms with Gasteiger partial charge in [-0.05, 0) is 31.1 Å². The van der Waals surface area contributed by atoms with Crippen LogP contribution in [0, 0.1) is 0 Å². The van der Waals surface area contributed by atoms with Crippen LogP contribution < -0.4 is 16.3 Å². The summed E-state index contributed by atoms with van der Waals surface area (Å²) in [4.78, 5) is 0. The molecule has 0 aliphatic carbocycles. The summed E-state index contributed by atoms with van der Waals surface area (Å²) in [7, 11) is -0.321. The number of halogens is 1. The first-order valence-electron chi connectivity index (χ1n) is 6.44. The van der Waals surface area contributed by atoms with Gasteiger partial charge in [-0.2, -0.15) is 0 Å². The van der Waals surface area contributed by atoms with E-state index in [0.717, 1.165) is 12.6 Å². The minimum absolute atomic E-state index is 0. The van der Waals surface area contributed by atoms with Crippen LogP contribution in [0.4, 0.5) is 0 Å². The zero-order valence-electron chi connectivity index (χ0n) is 11.2. The van der Waals surface area contributed by atoms with Crippen LogP contribution in [0.2, 0.25) is 0 Å². The highest BCUT2D eigenvalue weighted by Crippen LogP contribution is 2.34. The predicted molar refractivity (Wildman–Crippen MR) is 89.5 cm³/mol. The fraction of sp³-hybridized carbons (Fsp3) is 0.250. The Hall–Kier alpha value is -0.880. The molecule has 0 amide bonds. The van der Waals surface area contributed by atoms with Crippen LogP contribution in [0.15, 0.2) is 60.7 Å². The topological polar surface area (TPSA) is 26.0 Å². The van der Waals surface area contributed by atoms with E-state index in [4.69, 9.17) is 5.73 Å². The second-order valence-corrected chi connectivity index (χ2v) is 6.70. The molecular formula is C16H21ClNP. The van der Waals surface area contributed by atoms with Crippen LogP contribution in [0.25, 0.3) is 0 Å². The maximum Gasteiger partial charge on any atom is 0.00815 e. The minimum Gasteiger partial charge on any atom is -0.327 e. The molecule has 1 nitrogen and oxygen atoms in total. The van der Waals surface area contributed by atoms with Gasteiger partial charge in [0.05, 0.1) is 0 Å². The Morgan fingerprint density at radius 1 is 0.895 bits per heavy atom. The summed E-state index contributed by atoms with van der Waals surface area (Å²) >= 11 is 0. The SMILES string of the molecule is CCC(N)CP(c1ccccc1)c1ccccc1.Cl. The van der Waals surface area contributed by atoms with Gasteiger partial charge in [0.15, 0.2) is 0 Å². The van der Waals surface area contributed by atoms with Crippen LogP contribution in [-0.4, -0.2) is 12.2 Å². The highest BCUT2D eigenvalue weighted by Gasteiger charge is 2.15. The van der Waals surface area contributed by atoms with Crippen LogP contribution in [0.1, 0.15) is 13.3 Å². The molecule has 0 spiro atoms. The summed E-state index contributed by atoms with van der Waals surface area (Å²) in [5, 5.41) is 2.84. The Kier molecular flexibility index (Phi) is 7.09. The van der Waals surface area contributed by atoms with Crippen LogP contribution in [-0.2, 0) is 0 Å². The molecule has 0 fully saturated rings. The van der Waals surface area contributed by atoms with E-state index < -0.39 is 0 Å². The van der Waals surface area contributed by atoms with Gasteiger partial charge in [-0.1, -0.05) is 67.6 Å². The summed E-state index contributed by atoms with van der Waals surface area (Å²) in [5.74, 6) is 0. The first-order chi connectivity index (χ1) is 8.81. The maximum atomic E-state index is 6.16. The van der Waals surface area contributed by atoms with E-state index in [1.165, 1.54) is 10.6 Å². The Balaban J connectivity index is 0.00000180. The molecule has 0 aliphatic rings. The lowest BCUT2D eigenvalue weighted by molar-refractivity contribution is 0.722. The molecule has 2 rings (SSSR count). The summed E-state index contributed by atoms with van der Waals surface area (Å²) in [6.45, 7) is 2.16. The number of nitrogens with two attached hydrogens (primary N) is 1. The molecule has 2 N–H and O–H groups in total. The Bertz CT molecular complexity index is 421. The lowest BCUT2D eigenvalue weighted by atomic mass is 10.3. The lowest BCUT2D eigenvalue weighted by Crippen LogP contribution is -2.27. The summed E-state index contributed by atoms with van der Waals surface area (Å²) in [6.07, 6.45) is 2.11. The molecule has 0 saturated heterocycles. The van der Waals surface area contributed by atoms with Crippen molar-refractivity contribution in [2.45, 2.75) is 19.4 Å². The largest absolute Gasteiger partial charge is 0.327 e. The molecule has 1 unspecified atom stereocenters. The Morgan fingerprint density at radius 3 is 1.68 bits per heavy atom. The van der Waals surface area contributed by atoms with Crippen molar-refractivity contribution in [2.75, 3.05) is 6.16 Å². The van der Waals surface area contributed by atoms with E-state index in [9.17, 15) is 0 Å². The number of hydrogen-bond donors (Lipinski definition) is 1. The first kappa shape index (κ1) is 16.2. The summed E-state index contributed by atoms with van der Waals surface area (Å²) in [5.41, 5.74) is 6.16. The van der Waals surface area contributed by atoms with E-state index in [1.807, 2.05) is 0 Å². The quantitative estimate of drug-likeness (QED) is 0.841. The number of hydrogen-bond acceptors (Lipinski definition) is 1. The van der Waals surface area contributed by atoms with Crippen molar-refractivity contribution in [1.29, 1.82) is 0 Å². The third kappa shape index (κ3) is 4.62. The lowest BCUT2D eigenvalue weighted by Gasteiger charge is -2.21. The molecule has 3 heteroatoms. The van der Waals surface area contributed by atoms with Crippen molar-refractivity contribution >= 4 is 30.9 Å². The van der Waals surface area contributed by atoms with Gasteiger partial charge >= 0.3 is 0 Å². The molecule has 19 heavy (non-hydrogen) atoms. The summed E-state index contributed by atoms with van der Waals surface area (Å²) in [6, 6.07) is 21.8. The standard InChI is InChI=1S/C16H20NP.ClH/c1-2-14(17)13-18(15-9-5-3-6-10-15)16-11-7-4-8-12-16;/h3-12,14H,2,13,17H2,1H3;1H. The average Bonchev–Trinajstić information content (AvgIpc) is 2.46. The van der Waals surface area contributed by atoms with Crippen molar-refractivity contribution in [3.05, 3.63) is 60.7 Å². The van der Waals surface area contributed by atoms with Crippen LogP contribution >= 0.6 is 20.3 Å². The minimum atomic E-state index is -0.321. The molecule has 102 valence electrons. The fourth-order valence-corrected chi connectivity index (χ4v) is 4.45. The smallest absolute Gasteiger partial charge is 0.00815 e. The molecular weight excluding hydrogens is 273 g/mol. The first-order valence-corrected chi connectivity index (χ1v) is 7.97. The molecule has 2 aromatic carbocycles. The third-order valence-corrected chi connectivity index (χ3v) is 5.75. The van der Waals surface area contributed by atoms with Gasteiger partial charge in [0, 0.05) is 6.04 Å². The normalized spacial score (nSPS) is 11.9. The van der Waals surface area contributed by atoms with E-state index in [0.29, 0.717) is 0 Å². The second kappa shape index (κ2) is 8.32. The molecule has 0 saturated carbocycles.